The van der Waals surface area contributed by atoms with Gasteiger partial charge in [0.05, 0.1) is 25.9 Å². The molecule has 1 aromatic carbocycles. The molecule has 1 amide bonds. The molecule has 1 atom stereocenters. The molecule has 0 bridgehead atoms. The number of ether oxygens (including phenoxy) is 2. The lowest BCUT2D eigenvalue weighted by Crippen LogP contribution is -2.59. The van der Waals surface area contributed by atoms with Crippen molar-refractivity contribution in [2.24, 2.45) is 0 Å². The second-order valence-electron chi connectivity index (χ2n) is 6.01. The maximum absolute atomic E-state index is 12.6. The summed E-state index contributed by atoms with van der Waals surface area (Å²) in [5.74, 6) is 2.78. The number of amides is 1. The minimum Gasteiger partial charge on any atom is -0.496 e. The minimum absolute atomic E-state index is 0.0616. The zero-order chi connectivity index (χ0) is 16.1. The summed E-state index contributed by atoms with van der Waals surface area (Å²) >= 11 is 1.97. The number of para-hydroxylation sites is 1. The summed E-state index contributed by atoms with van der Waals surface area (Å²) in [5, 5.41) is 3.14. The van der Waals surface area contributed by atoms with Crippen LogP contribution in [0.4, 0.5) is 0 Å². The van der Waals surface area contributed by atoms with Gasteiger partial charge in [0, 0.05) is 30.9 Å². The van der Waals surface area contributed by atoms with Crippen LogP contribution < -0.4 is 10.1 Å². The van der Waals surface area contributed by atoms with E-state index in [1.54, 1.807) is 13.2 Å². The molecule has 1 unspecified atom stereocenters. The third-order valence-corrected chi connectivity index (χ3v) is 5.93. The van der Waals surface area contributed by atoms with Gasteiger partial charge in [-0.25, -0.2) is 0 Å². The topological polar surface area (TPSA) is 50.8 Å². The lowest BCUT2D eigenvalue weighted by Gasteiger charge is -2.43. The van der Waals surface area contributed by atoms with Gasteiger partial charge in [0.2, 0.25) is 0 Å². The molecule has 1 aromatic rings. The van der Waals surface area contributed by atoms with Crippen LogP contribution in [0.25, 0.3) is 0 Å². The van der Waals surface area contributed by atoms with E-state index in [0.717, 1.165) is 44.2 Å². The molecular formula is C17H24N2O3S. The van der Waals surface area contributed by atoms with E-state index in [9.17, 15) is 4.79 Å². The lowest BCUT2D eigenvalue weighted by molar-refractivity contribution is -0.0129. The smallest absolute Gasteiger partial charge is 0.255 e. The first-order chi connectivity index (χ1) is 11.2. The molecule has 2 aliphatic rings. The number of methoxy groups -OCH3 is 1. The average Bonchev–Trinajstić information content (AvgIpc) is 3.10. The number of benzene rings is 1. The molecule has 2 aliphatic heterocycles. The zero-order valence-corrected chi connectivity index (χ0v) is 14.4. The van der Waals surface area contributed by atoms with Gasteiger partial charge in [-0.05, 0) is 24.3 Å². The molecule has 5 nitrogen and oxygen atoms in total. The van der Waals surface area contributed by atoms with Crippen molar-refractivity contribution < 1.29 is 14.3 Å². The number of carbonyl (C=O) groups is 1. The number of hydrogen-bond donors (Lipinski definition) is 1. The number of rotatable bonds is 5. The highest BCUT2D eigenvalue weighted by Gasteiger charge is 2.40. The number of hydrogen-bond acceptors (Lipinski definition) is 5. The van der Waals surface area contributed by atoms with E-state index in [1.807, 2.05) is 30.0 Å². The van der Waals surface area contributed by atoms with Gasteiger partial charge in [-0.2, -0.15) is 11.8 Å². The van der Waals surface area contributed by atoms with Crippen molar-refractivity contribution in [3.63, 3.8) is 0 Å². The van der Waals surface area contributed by atoms with E-state index in [2.05, 4.69) is 10.2 Å². The van der Waals surface area contributed by atoms with Crippen LogP contribution in [0, 0.1) is 0 Å². The second kappa shape index (κ2) is 7.55. The zero-order valence-electron chi connectivity index (χ0n) is 13.5. The van der Waals surface area contributed by atoms with Crippen molar-refractivity contribution in [3.05, 3.63) is 29.8 Å². The van der Waals surface area contributed by atoms with Crippen molar-refractivity contribution in [1.82, 2.24) is 10.2 Å². The Bertz CT molecular complexity index is 540. The van der Waals surface area contributed by atoms with Crippen LogP contribution in [0.1, 0.15) is 16.8 Å². The number of nitrogens with one attached hydrogen (secondary N) is 1. The Morgan fingerprint density at radius 2 is 2.17 bits per heavy atom. The molecule has 0 saturated carbocycles. The fourth-order valence-electron chi connectivity index (χ4n) is 3.31. The van der Waals surface area contributed by atoms with Gasteiger partial charge in [0.1, 0.15) is 5.75 Å². The Hall–Kier alpha value is -1.24. The Morgan fingerprint density at radius 1 is 1.39 bits per heavy atom. The summed E-state index contributed by atoms with van der Waals surface area (Å²) in [7, 11) is 1.59. The highest BCUT2D eigenvalue weighted by molar-refractivity contribution is 7.99. The van der Waals surface area contributed by atoms with Gasteiger partial charge >= 0.3 is 0 Å². The standard InChI is InChI=1S/C17H24N2O3S/c1-21-15-5-3-2-4-14(15)16(20)18-12-17(6-11-23-13-17)19-7-9-22-10-8-19/h2-5H,6-13H2,1H3,(H,18,20). The molecule has 126 valence electrons. The molecule has 1 N–H and O–H groups in total. The van der Waals surface area contributed by atoms with E-state index in [0.29, 0.717) is 17.9 Å². The normalized spacial score (nSPS) is 25.3. The average molecular weight is 336 g/mol. The van der Waals surface area contributed by atoms with Crippen molar-refractivity contribution in [2.75, 3.05) is 51.5 Å². The largest absolute Gasteiger partial charge is 0.496 e. The number of nitrogens with zero attached hydrogens (tertiary/aromatic N) is 1. The molecule has 2 fully saturated rings. The Morgan fingerprint density at radius 3 is 2.87 bits per heavy atom. The summed E-state index contributed by atoms with van der Waals surface area (Å²) in [6.45, 7) is 4.15. The maximum Gasteiger partial charge on any atom is 0.255 e. The van der Waals surface area contributed by atoms with E-state index < -0.39 is 0 Å². The molecule has 0 spiro atoms. The monoisotopic (exact) mass is 336 g/mol. The van der Waals surface area contributed by atoms with Crippen molar-refractivity contribution >= 4 is 17.7 Å². The van der Waals surface area contributed by atoms with Crippen LogP contribution in [0.5, 0.6) is 5.75 Å². The lowest BCUT2D eigenvalue weighted by atomic mass is 9.95. The fourth-order valence-corrected chi connectivity index (χ4v) is 4.78. The Labute approximate surface area is 141 Å². The first kappa shape index (κ1) is 16.6. The van der Waals surface area contributed by atoms with Gasteiger partial charge in [-0.15, -0.1) is 0 Å². The molecule has 0 aromatic heterocycles. The van der Waals surface area contributed by atoms with Crippen molar-refractivity contribution in [3.8, 4) is 5.75 Å². The van der Waals surface area contributed by atoms with Crippen LogP contribution in [0.15, 0.2) is 24.3 Å². The molecule has 23 heavy (non-hydrogen) atoms. The summed E-state index contributed by atoms with van der Waals surface area (Å²) in [6.07, 6.45) is 1.11. The minimum atomic E-state index is -0.0630. The van der Waals surface area contributed by atoms with E-state index in [1.165, 1.54) is 0 Å². The number of morpholine rings is 1. The first-order valence-corrected chi connectivity index (χ1v) is 9.22. The van der Waals surface area contributed by atoms with Crippen LogP contribution in [-0.4, -0.2) is 67.8 Å². The SMILES string of the molecule is COc1ccccc1C(=O)NCC1(N2CCOCC2)CCSC1. The highest BCUT2D eigenvalue weighted by atomic mass is 32.2. The predicted molar refractivity (Wildman–Crippen MR) is 92.4 cm³/mol. The molecule has 2 saturated heterocycles. The van der Waals surface area contributed by atoms with Gasteiger partial charge in [-0.3, -0.25) is 9.69 Å². The molecule has 0 radical (unpaired) electrons. The molecule has 3 rings (SSSR count). The van der Waals surface area contributed by atoms with Gasteiger partial charge in [-0.1, -0.05) is 12.1 Å². The first-order valence-electron chi connectivity index (χ1n) is 8.07. The second-order valence-corrected chi connectivity index (χ2v) is 7.11. The number of carbonyl (C=O) groups excluding carboxylic acids is 1. The van der Waals surface area contributed by atoms with E-state index in [-0.39, 0.29) is 11.4 Å². The third kappa shape index (κ3) is 3.65. The molecule has 2 heterocycles. The molecule has 6 heteroatoms. The quantitative estimate of drug-likeness (QED) is 0.886. The van der Waals surface area contributed by atoms with Crippen LogP contribution in [0.2, 0.25) is 0 Å². The number of thioether (sulfide) groups is 1. The van der Waals surface area contributed by atoms with Crippen LogP contribution >= 0.6 is 11.8 Å². The molecular weight excluding hydrogens is 312 g/mol. The summed E-state index contributed by atoms with van der Waals surface area (Å²) in [6, 6.07) is 7.36. The Kier molecular flexibility index (Phi) is 5.46. The Balaban J connectivity index is 1.68. The maximum atomic E-state index is 12.6. The van der Waals surface area contributed by atoms with Crippen molar-refractivity contribution in [2.45, 2.75) is 12.0 Å². The summed E-state index contributed by atoms with van der Waals surface area (Å²) < 4.78 is 10.8. The highest BCUT2D eigenvalue weighted by Crippen LogP contribution is 2.33. The fraction of sp³-hybridized carbons (Fsp3) is 0.588. The van der Waals surface area contributed by atoms with Gasteiger partial charge in [0.25, 0.3) is 5.91 Å². The predicted octanol–water partition coefficient (Wildman–Crippen LogP) is 1.63. The van der Waals surface area contributed by atoms with Crippen molar-refractivity contribution in [1.29, 1.82) is 0 Å². The summed E-state index contributed by atoms with van der Waals surface area (Å²) in [5.41, 5.74) is 0.657. The molecule has 0 aliphatic carbocycles. The van der Waals surface area contributed by atoms with E-state index >= 15 is 0 Å². The third-order valence-electron chi connectivity index (χ3n) is 4.69. The van der Waals surface area contributed by atoms with Gasteiger partial charge < -0.3 is 14.8 Å². The van der Waals surface area contributed by atoms with Gasteiger partial charge in [0.15, 0.2) is 0 Å². The van der Waals surface area contributed by atoms with E-state index in [4.69, 9.17) is 9.47 Å². The summed E-state index contributed by atoms with van der Waals surface area (Å²) in [4.78, 5) is 15.1. The van der Waals surface area contributed by atoms with Crippen LogP contribution in [0.3, 0.4) is 0 Å². The van der Waals surface area contributed by atoms with Crippen LogP contribution in [-0.2, 0) is 4.74 Å².